The average molecular weight is 847 g/mol. The van der Waals surface area contributed by atoms with Crippen molar-refractivity contribution in [3.8, 4) is 22.8 Å². The standard InChI is InChI=1S/C46H63ClN6O7/c1-9-53(10-2)27-28-58-37-16-11-34(12-17-37)43(55)42-39-29-36(47)15-20-40(39)60-44(42)35-13-18-38(19-14-35)59-30-41(54)48-24-21-33(22-25-49-45(5,6)31(3)51-56)23-26-50-46(7,8)32(4)52-57/h11-20,29,33,49-50,56-57H,9-10,21-28,30H2,1-8H3,(H,48,54)/b51-31-,52-32-. The van der Waals surface area contributed by atoms with Crippen molar-refractivity contribution in [2.75, 3.05) is 52.5 Å². The molecule has 60 heavy (non-hydrogen) atoms. The summed E-state index contributed by atoms with van der Waals surface area (Å²) in [5, 5.41) is 36.2. The average Bonchev–Trinajstić information content (AvgIpc) is 3.62. The lowest BCUT2D eigenvalue weighted by atomic mass is 9.94. The monoisotopic (exact) mass is 846 g/mol. The second kappa shape index (κ2) is 22.6. The molecule has 0 aliphatic carbocycles. The van der Waals surface area contributed by atoms with E-state index in [-0.39, 0.29) is 24.2 Å². The van der Waals surface area contributed by atoms with Crippen molar-refractivity contribution in [1.82, 2.24) is 20.9 Å². The van der Waals surface area contributed by atoms with Crippen LogP contribution in [-0.2, 0) is 4.79 Å². The lowest BCUT2D eigenvalue weighted by Crippen LogP contribution is -2.47. The molecule has 0 aliphatic heterocycles. The number of ketones is 1. The van der Waals surface area contributed by atoms with E-state index in [1.807, 2.05) is 27.7 Å². The third-order valence-electron chi connectivity index (χ3n) is 11.3. The minimum absolute atomic E-state index is 0.170. The van der Waals surface area contributed by atoms with Gasteiger partial charge in [-0.05, 0) is 160 Å². The predicted octanol–water partition coefficient (Wildman–Crippen LogP) is 8.42. The molecule has 3 aromatic carbocycles. The number of hydrogen-bond acceptors (Lipinski definition) is 12. The van der Waals surface area contributed by atoms with Crippen molar-refractivity contribution in [2.45, 2.75) is 85.7 Å². The van der Waals surface area contributed by atoms with Crippen molar-refractivity contribution >= 4 is 45.7 Å². The number of likely N-dealkylation sites (N-methyl/N-ethyl adjacent to an activating group) is 1. The number of rotatable bonds is 25. The summed E-state index contributed by atoms with van der Waals surface area (Å²) in [6, 6.07) is 19.4. The van der Waals surface area contributed by atoms with E-state index in [1.165, 1.54) is 0 Å². The molecule has 0 bridgehead atoms. The highest BCUT2D eigenvalue weighted by Crippen LogP contribution is 2.37. The number of nitrogens with zero attached hydrogens (tertiary/aromatic N) is 3. The highest BCUT2D eigenvalue weighted by atomic mass is 35.5. The molecular weight excluding hydrogens is 784 g/mol. The van der Waals surface area contributed by atoms with Gasteiger partial charge in [0.05, 0.1) is 28.1 Å². The predicted molar refractivity (Wildman–Crippen MR) is 240 cm³/mol. The summed E-state index contributed by atoms with van der Waals surface area (Å²) >= 11 is 6.39. The number of fused-ring (bicyclic) bond motifs is 1. The third kappa shape index (κ3) is 13.5. The molecule has 13 nitrogen and oxygen atoms in total. The van der Waals surface area contributed by atoms with E-state index >= 15 is 0 Å². The van der Waals surface area contributed by atoms with Crippen LogP contribution in [0.15, 0.2) is 81.5 Å². The molecule has 1 aromatic heterocycles. The molecule has 0 radical (unpaired) electrons. The molecule has 0 saturated heterocycles. The van der Waals surface area contributed by atoms with E-state index in [0.29, 0.717) is 87.6 Å². The van der Waals surface area contributed by atoms with Crippen molar-refractivity contribution in [3.05, 3.63) is 82.9 Å². The van der Waals surface area contributed by atoms with E-state index < -0.39 is 11.1 Å². The number of ether oxygens (including phenoxy) is 2. The molecule has 1 heterocycles. The number of carbonyl (C=O) groups excluding carboxylic acids is 2. The normalized spacial score (nSPS) is 12.7. The Morgan fingerprint density at radius 3 is 1.92 bits per heavy atom. The zero-order valence-electron chi connectivity index (χ0n) is 36.4. The number of hydrogen-bond donors (Lipinski definition) is 5. The van der Waals surface area contributed by atoms with E-state index in [0.717, 1.165) is 38.9 Å². The molecule has 0 saturated carbocycles. The van der Waals surface area contributed by atoms with Crippen LogP contribution in [0.5, 0.6) is 11.5 Å². The van der Waals surface area contributed by atoms with Gasteiger partial charge in [-0.25, -0.2) is 0 Å². The van der Waals surface area contributed by atoms with E-state index in [2.05, 4.69) is 45.0 Å². The first-order valence-electron chi connectivity index (χ1n) is 20.7. The summed E-state index contributed by atoms with van der Waals surface area (Å²) in [5.41, 5.74) is 2.33. The largest absolute Gasteiger partial charge is 0.492 e. The quantitative estimate of drug-likeness (QED) is 0.0189. The molecule has 0 unspecified atom stereocenters. The summed E-state index contributed by atoms with van der Waals surface area (Å²) in [5.74, 6) is 1.38. The first kappa shape index (κ1) is 47.7. The maximum absolute atomic E-state index is 14.1. The SMILES string of the molecule is CCN(CC)CCOc1ccc(C(=O)c2c(-c3ccc(OCC(=O)NCCC(CCNC(C)(C)/C(C)=N\O)CCNC(C)(C)/C(C)=N\O)cc3)oc3ccc(Cl)cc23)cc1. The van der Waals surface area contributed by atoms with Gasteiger partial charge in [0.2, 0.25) is 0 Å². The first-order chi connectivity index (χ1) is 28.6. The Morgan fingerprint density at radius 1 is 0.800 bits per heavy atom. The molecule has 14 heteroatoms. The summed E-state index contributed by atoms with van der Waals surface area (Å²) in [7, 11) is 0. The molecule has 5 N–H and O–H groups in total. The van der Waals surface area contributed by atoms with E-state index in [9.17, 15) is 20.0 Å². The molecule has 0 fully saturated rings. The number of halogens is 1. The van der Waals surface area contributed by atoms with Gasteiger partial charge in [0, 0.05) is 34.6 Å². The Morgan fingerprint density at radius 2 is 1.35 bits per heavy atom. The lowest BCUT2D eigenvalue weighted by molar-refractivity contribution is -0.123. The van der Waals surface area contributed by atoms with Crippen LogP contribution in [0.4, 0.5) is 0 Å². The van der Waals surface area contributed by atoms with Gasteiger partial charge >= 0.3 is 0 Å². The van der Waals surface area contributed by atoms with E-state index in [4.69, 9.17) is 25.5 Å². The lowest BCUT2D eigenvalue weighted by Gasteiger charge is -2.28. The molecule has 4 aromatic rings. The number of benzene rings is 3. The van der Waals surface area contributed by atoms with Gasteiger partial charge in [0.15, 0.2) is 12.4 Å². The highest BCUT2D eigenvalue weighted by Gasteiger charge is 2.26. The third-order valence-corrected chi connectivity index (χ3v) is 11.5. The highest BCUT2D eigenvalue weighted by molar-refractivity contribution is 6.32. The molecular formula is C46H63ClN6O7. The maximum Gasteiger partial charge on any atom is 0.257 e. The molecule has 326 valence electrons. The Kier molecular flexibility index (Phi) is 18.0. The van der Waals surface area contributed by atoms with Crippen LogP contribution in [-0.4, -0.2) is 102 Å². The van der Waals surface area contributed by atoms with Crippen molar-refractivity contribution in [1.29, 1.82) is 0 Å². The van der Waals surface area contributed by atoms with Gasteiger partial charge in [0.1, 0.15) is 29.4 Å². The van der Waals surface area contributed by atoms with Crippen LogP contribution >= 0.6 is 11.6 Å². The van der Waals surface area contributed by atoms with Gasteiger partial charge in [-0.15, -0.1) is 0 Å². The fraction of sp³-hybridized carbons (Fsp3) is 0.478. The number of oxime groups is 2. The van der Waals surface area contributed by atoms with Gasteiger partial charge in [-0.2, -0.15) is 0 Å². The van der Waals surface area contributed by atoms with Crippen LogP contribution in [0.25, 0.3) is 22.3 Å². The number of carbonyl (C=O) groups is 2. The summed E-state index contributed by atoms with van der Waals surface area (Å²) in [4.78, 5) is 29.3. The Hall–Kier alpha value is -4.95. The Labute approximate surface area is 359 Å². The first-order valence-corrected chi connectivity index (χ1v) is 21.1. The second-order valence-electron chi connectivity index (χ2n) is 16.0. The summed E-state index contributed by atoms with van der Waals surface area (Å²) < 4.78 is 18.0. The van der Waals surface area contributed by atoms with Crippen molar-refractivity contribution < 1.29 is 33.9 Å². The smallest absolute Gasteiger partial charge is 0.257 e. The molecule has 0 atom stereocenters. The molecule has 1 amide bonds. The zero-order valence-corrected chi connectivity index (χ0v) is 37.1. The Balaban J connectivity index is 1.37. The number of nitrogens with one attached hydrogen (secondary N) is 3. The van der Waals surface area contributed by atoms with Crippen LogP contribution < -0.4 is 25.4 Å². The van der Waals surface area contributed by atoms with Crippen molar-refractivity contribution in [2.24, 2.45) is 16.2 Å². The zero-order chi connectivity index (χ0) is 43.9. The second-order valence-corrected chi connectivity index (χ2v) is 16.5. The van der Waals surface area contributed by atoms with Gasteiger partial charge in [0.25, 0.3) is 5.91 Å². The summed E-state index contributed by atoms with van der Waals surface area (Å²) in [6.07, 6.45) is 2.41. The van der Waals surface area contributed by atoms with Crippen LogP contribution in [0.2, 0.25) is 5.02 Å². The fourth-order valence-electron chi connectivity index (χ4n) is 6.61. The number of furan rings is 1. The minimum Gasteiger partial charge on any atom is -0.492 e. The van der Waals surface area contributed by atoms with Gasteiger partial charge in [-0.1, -0.05) is 35.8 Å². The van der Waals surface area contributed by atoms with Crippen LogP contribution in [0, 0.1) is 5.92 Å². The topological polar surface area (TPSA) is 170 Å². The van der Waals surface area contributed by atoms with Gasteiger partial charge < -0.3 is 45.2 Å². The fourth-order valence-corrected chi connectivity index (χ4v) is 6.78. The summed E-state index contributed by atoms with van der Waals surface area (Å²) in [6.45, 7) is 20.6. The van der Waals surface area contributed by atoms with Gasteiger partial charge in [-0.3, -0.25) is 9.59 Å². The number of amides is 1. The minimum atomic E-state index is -0.466. The van der Waals surface area contributed by atoms with E-state index in [1.54, 1.807) is 80.6 Å². The maximum atomic E-state index is 14.1. The van der Waals surface area contributed by atoms with Crippen molar-refractivity contribution in [3.63, 3.8) is 0 Å². The molecule has 0 aliphatic rings. The van der Waals surface area contributed by atoms with Crippen LogP contribution in [0.3, 0.4) is 0 Å². The Bertz CT molecular complexity index is 2020. The van der Waals surface area contributed by atoms with Crippen LogP contribution in [0.1, 0.15) is 90.6 Å². The molecule has 0 spiro atoms. The molecule has 4 rings (SSSR count).